The van der Waals surface area contributed by atoms with Gasteiger partial charge >= 0.3 is 6.03 Å². The zero-order valence-corrected chi connectivity index (χ0v) is 35.7. The average molecular weight is 767 g/mol. The van der Waals surface area contributed by atoms with Crippen molar-refractivity contribution in [2.24, 2.45) is 23.7 Å². The summed E-state index contributed by atoms with van der Waals surface area (Å²) in [6.07, 6.45) is 22.1. The molecule has 4 unspecified atom stereocenters. The number of likely N-dealkylation sites (tertiary alicyclic amines) is 1. The molecule has 0 aromatic rings. The molecule has 5 atom stereocenters. The molecule has 0 spiro atoms. The Labute approximate surface area is 335 Å². The van der Waals surface area contributed by atoms with Crippen LogP contribution in [0.1, 0.15) is 145 Å². The number of hydrogen-bond donors (Lipinski definition) is 5. The van der Waals surface area contributed by atoms with Crippen molar-refractivity contribution in [1.29, 1.82) is 0 Å². The second kappa shape index (κ2) is 27.8. The van der Waals surface area contributed by atoms with Crippen molar-refractivity contribution in [2.45, 2.75) is 169 Å². The number of terminal acetylenes is 1. The van der Waals surface area contributed by atoms with Crippen LogP contribution >= 0.6 is 0 Å². The molecule has 2 aliphatic carbocycles. The van der Waals surface area contributed by atoms with E-state index in [1.807, 2.05) is 25.7 Å². The van der Waals surface area contributed by atoms with Gasteiger partial charge in [0.1, 0.15) is 6.04 Å². The molecule has 3 aliphatic rings. The molecule has 55 heavy (non-hydrogen) atoms. The van der Waals surface area contributed by atoms with Crippen LogP contribution in [-0.4, -0.2) is 72.3 Å². The van der Waals surface area contributed by atoms with Crippen molar-refractivity contribution in [1.82, 2.24) is 31.5 Å². The molecule has 10 heteroatoms. The summed E-state index contributed by atoms with van der Waals surface area (Å²) in [6.45, 7) is 27.7. The van der Waals surface area contributed by atoms with E-state index >= 15 is 0 Å². The second-order valence-corrected chi connectivity index (χ2v) is 15.6. The lowest BCUT2D eigenvalue weighted by molar-refractivity contribution is -0.135. The Morgan fingerprint density at radius 2 is 1.44 bits per heavy atom. The Kier molecular flexibility index (Phi) is 24.9. The maximum Gasteiger partial charge on any atom is 0.315 e. The monoisotopic (exact) mass is 767 g/mol. The number of Topliss-reactive ketones (excluding diaryl/α,β-unsaturated/α-hetero) is 1. The number of rotatable bonds is 18. The van der Waals surface area contributed by atoms with Crippen LogP contribution in [-0.2, 0) is 14.4 Å². The molecule has 1 aliphatic heterocycles. The highest BCUT2D eigenvalue weighted by atomic mass is 16.2. The zero-order chi connectivity index (χ0) is 41.3. The van der Waals surface area contributed by atoms with Gasteiger partial charge in [0.25, 0.3) is 0 Å². The van der Waals surface area contributed by atoms with E-state index in [0.717, 1.165) is 64.3 Å². The summed E-state index contributed by atoms with van der Waals surface area (Å²) in [5, 5.41) is 15.4. The van der Waals surface area contributed by atoms with Gasteiger partial charge in [-0.1, -0.05) is 98.8 Å². The molecule has 1 heterocycles. The van der Waals surface area contributed by atoms with Gasteiger partial charge in [-0.25, -0.2) is 4.79 Å². The Hall–Kier alpha value is -3.74. The fourth-order valence-corrected chi connectivity index (χ4v) is 8.13. The minimum Gasteiger partial charge on any atom is -0.379 e. The molecule has 10 nitrogen and oxygen atoms in total. The highest BCUT2D eigenvalue weighted by molar-refractivity contribution is 5.98. The highest BCUT2D eigenvalue weighted by Gasteiger charge is 2.43. The molecule has 0 radical (unpaired) electrons. The predicted molar refractivity (Wildman–Crippen MR) is 228 cm³/mol. The third-order valence-corrected chi connectivity index (χ3v) is 11.3. The van der Waals surface area contributed by atoms with Crippen molar-refractivity contribution in [2.75, 3.05) is 19.6 Å². The summed E-state index contributed by atoms with van der Waals surface area (Å²) in [4.78, 5) is 53.6. The quantitative estimate of drug-likeness (QED) is 0.0420. The molecule has 4 amide bonds. The zero-order valence-electron chi connectivity index (χ0n) is 35.7. The fourth-order valence-electron chi connectivity index (χ4n) is 8.13. The van der Waals surface area contributed by atoms with Crippen molar-refractivity contribution >= 4 is 23.6 Å². The van der Waals surface area contributed by atoms with Gasteiger partial charge in [0.2, 0.25) is 11.8 Å². The molecule has 5 N–H and O–H groups in total. The highest BCUT2D eigenvalue weighted by Crippen LogP contribution is 2.35. The van der Waals surface area contributed by atoms with Crippen molar-refractivity contribution in [3.8, 4) is 12.3 Å². The van der Waals surface area contributed by atoms with Gasteiger partial charge in [0, 0.05) is 44.7 Å². The summed E-state index contributed by atoms with van der Waals surface area (Å²) in [6, 6.07) is -1.66. The number of nitrogens with one attached hydrogen (secondary N) is 5. The van der Waals surface area contributed by atoms with Gasteiger partial charge < -0.3 is 31.5 Å². The summed E-state index contributed by atoms with van der Waals surface area (Å²) < 4.78 is 0. The Morgan fingerprint density at radius 1 is 0.855 bits per heavy atom. The van der Waals surface area contributed by atoms with Gasteiger partial charge in [0.05, 0.1) is 17.8 Å². The number of nitrogens with zero attached hydrogens (tertiary/aromatic N) is 1. The van der Waals surface area contributed by atoms with E-state index in [0.29, 0.717) is 43.5 Å². The lowest BCUT2D eigenvalue weighted by Crippen LogP contribution is -2.58. The Morgan fingerprint density at radius 3 is 1.93 bits per heavy atom. The predicted octanol–water partition coefficient (Wildman–Crippen LogP) is 7.77. The van der Waals surface area contributed by atoms with E-state index in [1.54, 1.807) is 6.08 Å². The Bertz CT molecular complexity index is 1240. The van der Waals surface area contributed by atoms with Crippen LogP contribution in [0.4, 0.5) is 4.79 Å². The molecule has 0 bridgehead atoms. The van der Waals surface area contributed by atoms with Gasteiger partial charge in [-0.15, -0.1) is 18.9 Å². The molecule has 2 saturated carbocycles. The second-order valence-electron chi connectivity index (χ2n) is 15.6. The first kappa shape index (κ1) is 49.3. The first-order chi connectivity index (χ1) is 26.4. The minimum absolute atomic E-state index is 0.0394. The van der Waals surface area contributed by atoms with E-state index in [-0.39, 0.29) is 53.2 Å². The van der Waals surface area contributed by atoms with Crippen LogP contribution in [0.3, 0.4) is 0 Å². The molecule has 312 valence electrons. The molecular weight excluding hydrogens is 689 g/mol. The van der Waals surface area contributed by atoms with E-state index in [1.165, 1.54) is 32.6 Å². The van der Waals surface area contributed by atoms with E-state index in [9.17, 15) is 19.2 Å². The third kappa shape index (κ3) is 17.3. The maximum atomic E-state index is 14.7. The lowest BCUT2D eigenvalue weighted by atomic mass is 9.83. The first-order valence-corrected chi connectivity index (χ1v) is 21.5. The van der Waals surface area contributed by atoms with E-state index < -0.39 is 12.1 Å². The number of ketones is 1. The minimum atomic E-state index is -0.619. The third-order valence-electron chi connectivity index (χ3n) is 11.3. The van der Waals surface area contributed by atoms with Gasteiger partial charge in [-0.2, -0.15) is 0 Å². The summed E-state index contributed by atoms with van der Waals surface area (Å²) in [5.41, 5.74) is 0.910. The SMILES string of the molecule is C#CCCC(NC(=C)C1C[C@@H](C(C)C)CN1C(=O)C(NC(=O)NC(CC)C1CCCCCC1)C1CCCCC1)C(=O)C(=C)NCC=C.CC.CCNC(C)=O. The summed E-state index contributed by atoms with van der Waals surface area (Å²) in [5.74, 6) is 3.65. The van der Waals surface area contributed by atoms with Crippen LogP contribution in [0.5, 0.6) is 0 Å². The standard InChI is InChI=1S/C39H63N5O3.C4H9NO.C2H6/c1-8-11-23-34(37(45)29(7)40-24-9-2)41-28(6)35-25-32(27(4)5)26-44(35)38(46)36(31-21-17-14-18-22-31)43-39(47)42-33(10-3)30-19-15-12-13-16-20-30;1-3-5-4(2)6;1-2/h1,9,27,30-36,40-41H,2,6-7,10-26H2,3-5H3,(H2,42,43,47);3H2,1-2H3,(H,5,6);1-2H3/t32-,33?,34?,35?,36?;;/m1../s1. The maximum absolute atomic E-state index is 14.7. The number of urea groups is 1. The van der Waals surface area contributed by atoms with E-state index in [4.69, 9.17) is 6.42 Å². The summed E-state index contributed by atoms with van der Waals surface area (Å²) in [7, 11) is 0. The van der Waals surface area contributed by atoms with Crippen molar-refractivity contribution < 1.29 is 19.2 Å². The van der Waals surface area contributed by atoms with Gasteiger partial charge in [0.15, 0.2) is 5.78 Å². The molecule has 0 aromatic heterocycles. The first-order valence-electron chi connectivity index (χ1n) is 21.5. The van der Waals surface area contributed by atoms with Crippen LogP contribution in [0.15, 0.2) is 37.2 Å². The van der Waals surface area contributed by atoms with Crippen molar-refractivity contribution in [3.63, 3.8) is 0 Å². The van der Waals surface area contributed by atoms with E-state index in [2.05, 4.69) is 73.0 Å². The normalized spacial score (nSPS) is 20.3. The van der Waals surface area contributed by atoms with Crippen LogP contribution in [0.25, 0.3) is 0 Å². The average Bonchev–Trinajstić information content (AvgIpc) is 3.47. The smallest absolute Gasteiger partial charge is 0.315 e. The number of carbonyl (C=O) groups is 4. The van der Waals surface area contributed by atoms with Gasteiger partial charge in [-0.3, -0.25) is 14.4 Å². The number of carbonyl (C=O) groups excluding carboxylic acids is 4. The topological polar surface area (TPSA) is 132 Å². The number of hydrogen-bond acceptors (Lipinski definition) is 6. The lowest BCUT2D eigenvalue weighted by Gasteiger charge is -2.36. The molecule has 3 rings (SSSR count). The van der Waals surface area contributed by atoms with Crippen LogP contribution < -0.4 is 26.6 Å². The molecule has 1 saturated heterocycles. The molecular formula is C45H78N6O4. The van der Waals surface area contributed by atoms with Crippen molar-refractivity contribution in [3.05, 3.63) is 37.2 Å². The Balaban J connectivity index is 0.00000172. The van der Waals surface area contributed by atoms with Crippen LogP contribution in [0.2, 0.25) is 0 Å². The fraction of sp³-hybridized carbons (Fsp3) is 0.733. The van der Waals surface area contributed by atoms with Gasteiger partial charge in [-0.05, 0) is 75.5 Å². The van der Waals surface area contributed by atoms with Crippen LogP contribution in [0, 0.1) is 36.0 Å². The summed E-state index contributed by atoms with van der Waals surface area (Å²) >= 11 is 0. The number of amides is 4. The molecule has 3 fully saturated rings. The largest absolute Gasteiger partial charge is 0.379 e. The molecule has 0 aromatic carbocycles.